The zero-order valence-corrected chi connectivity index (χ0v) is 34.0. The quantitative estimate of drug-likeness (QED) is 0.0955. The molecule has 1 saturated carbocycles. The van der Waals surface area contributed by atoms with E-state index in [-0.39, 0.29) is 60.4 Å². The summed E-state index contributed by atoms with van der Waals surface area (Å²) in [5, 5.41) is 15.9. The molecule has 5 heterocycles. The Labute approximate surface area is 347 Å². The predicted octanol–water partition coefficient (Wildman–Crippen LogP) is 5.68. The molecule has 1 aliphatic carbocycles. The summed E-state index contributed by atoms with van der Waals surface area (Å²) in [5.41, 5.74) is 3.84. The van der Waals surface area contributed by atoms with Crippen molar-refractivity contribution in [3.63, 3.8) is 0 Å². The van der Waals surface area contributed by atoms with E-state index in [1.54, 1.807) is 6.20 Å². The van der Waals surface area contributed by atoms with Crippen LogP contribution in [0.15, 0.2) is 53.6 Å². The van der Waals surface area contributed by atoms with Crippen LogP contribution in [0.4, 0.5) is 15.9 Å². The molecule has 14 heteroatoms. The van der Waals surface area contributed by atoms with Crippen LogP contribution in [0, 0.1) is 29.5 Å². The molecule has 308 valence electrons. The Bertz CT molecular complexity index is 2220. The van der Waals surface area contributed by atoms with E-state index in [1.807, 2.05) is 25.2 Å². The summed E-state index contributed by atoms with van der Waals surface area (Å²) in [6, 6.07) is 11.1. The summed E-state index contributed by atoms with van der Waals surface area (Å²) in [6.45, 7) is 1.46. The number of aromatic nitrogens is 1. The number of halogens is 1. The molecule has 4 atom stereocenters. The van der Waals surface area contributed by atoms with Gasteiger partial charge >= 0.3 is 0 Å². The molecular weight excluding hydrogens is 772 g/mol. The number of amides is 5. The van der Waals surface area contributed by atoms with E-state index in [1.165, 1.54) is 24.2 Å². The lowest BCUT2D eigenvalue weighted by atomic mass is 9.81. The Hall–Kier alpha value is -5.26. The lowest BCUT2D eigenvalue weighted by Crippen LogP contribution is -2.54. The van der Waals surface area contributed by atoms with Crippen molar-refractivity contribution in [2.24, 2.45) is 11.8 Å². The van der Waals surface area contributed by atoms with Gasteiger partial charge in [-0.15, -0.1) is 11.8 Å². The third-order valence-electron chi connectivity index (χ3n) is 12.6. The highest BCUT2D eigenvalue weighted by Gasteiger charge is 2.49. The number of hydrogen-bond donors (Lipinski definition) is 3. The van der Waals surface area contributed by atoms with Crippen LogP contribution in [0.2, 0.25) is 0 Å². The van der Waals surface area contributed by atoms with Crippen LogP contribution in [-0.2, 0) is 14.4 Å². The number of unbranched alkanes of at least 4 members (excludes halogenated alkanes) is 2. The minimum atomic E-state index is -1.10. The smallest absolute Gasteiger partial charge is 0.263 e. The second-order valence-electron chi connectivity index (χ2n) is 16.2. The number of anilines is 2. The number of piperidine rings is 1. The van der Waals surface area contributed by atoms with Gasteiger partial charge in [0.25, 0.3) is 11.8 Å². The van der Waals surface area contributed by atoms with Gasteiger partial charge in [0, 0.05) is 66.3 Å². The SMILES string of the molecule is CN1c2ccc(C#Cc3ccc(NCCCCCSc4cc(F)cc5c4C(=O)N(C4CCC(=O)NC4=O)C5=O)nc3)cc2[C@H]2[C@H](CCN2C(=O)C2CCCCC2)[C@H]1CO. The van der Waals surface area contributed by atoms with Crippen molar-refractivity contribution >= 4 is 52.8 Å². The van der Waals surface area contributed by atoms with Crippen molar-refractivity contribution in [3.05, 3.63) is 82.3 Å². The number of carbonyl (C=O) groups is 5. The van der Waals surface area contributed by atoms with Crippen LogP contribution < -0.4 is 15.5 Å². The molecule has 1 aromatic heterocycles. The first kappa shape index (κ1) is 40.5. The largest absolute Gasteiger partial charge is 0.394 e. The first-order valence-electron chi connectivity index (χ1n) is 20.8. The average molecular weight is 821 g/mol. The van der Waals surface area contributed by atoms with Crippen molar-refractivity contribution in [3.8, 4) is 11.8 Å². The highest BCUT2D eigenvalue weighted by atomic mass is 32.2. The van der Waals surface area contributed by atoms with Crippen molar-refractivity contribution < 1.29 is 33.5 Å². The number of rotatable bonds is 11. The van der Waals surface area contributed by atoms with Crippen molar-refractivity contribution in [2.45, 2.75) is 93.7 Å². The highest BCUT2D eigenvalue weighted by Crippen LogP contribution is 2.49. The Balaban J connectivity index is 0.829. The van der Waals surface area contributed by atoms with Gasteiger partial charge in [-0.3, -0.25) is 34.2 Å². The molecule has 3 fully saturated rings. The first-order chi connectivity index (χ1) is 28.6. The maximum absolute atomic E-state index is 14.6. The van der Waals surface area contributed by atoms with Crippen LogP contribution in [0.1, 0.15) is 114 Å². The van der Waals surface area contributed by atoms with Gasteiger partial charge in [-0.25, -0.2) is 9.37 Å². The molecule has 8 rings (SSSR count). The molecule has 12 nitrogen and oxygen atoms in total. The number of thioether (sulfide) groups is 1. The second-order valence-corrected chi connectivity index (χ2v) is 17.3. The molecule has 2 aromatic carbocycles. The fourth-order valence-corrected chi connectivity index (χ4v) is 10.6. The fraction of sp³-hybridized carbons (Fsp3) is 0.467. The lowest BCUT2D eigenvalue weighted by molar-refractivity contribution is -0.138. The van der Waals surface area contributed by atoms with E-state index in [4.69, 9.17) is 0 Å². The van der Waals surface area contributed by atoms with Gasteiger partial charge in [-0.05, 0) is 92.3 Å². The third kappa shape index (κ3) is 8.19. The minimum Gasteiger partial charge on any atom is -0.394 e. The molecule has 4 aliphatic heterocycles. The molecule has 3 aromatic rings. The van der Waals surface area contributed by atoms with Gasteiger partial charge in [-0.1, -0.05) is 37.5 Å². The van der Waals surface area contributed by atoms with E-state index in [2.05, 4.69) is 49.4 Å². The summed E-state index contributed by atoms with van der Waals surface area (Å²) < 4.78 is 14.6. The number of likely N-dealkylation sites (N-methyl/N-ethyl adjacent to an activating group) is 1. The normalized spacial score (nSPS) is 22.7. The van der Waals surface area contributed by atoms with Gasteiger partial charge in [0.05, 0.1) is 29.8 Å². The van der Waals surface area contributed by atoms with E-state index >= 15 is 0 Å². The second kappa shape index (κ2) is 17.5. The number of likely N-dealkylation sites (tertiary alicyclic amines) is 1. The van der Waals surface area contributed by atoms with Crippen molar-refractivity contribution in [1.82, 2.24) is 20.1 Å². The van der Waals surface area contributed by atoms with Crippen LogP contribution in [0.5, 0.6) is 0 Å². The molecule has 3 N–H and O–H groups in total. The highest BCUT2D eigenvalue weighted by molar-refractivity contribution is 7.99. The third-order valence-corrected chi connectivity index (χ3v) is 13.7. The number of nitrogens with one attached hydrogen (secondary N) is 2. The van der Waals surface area contributed by atoms with Gasteiger partial charge in [0.1, 0.15) is 17.7 Å². The summed E-state index contributed by atoms with van der Waals surface area (Å²) in [4.78, 5) is 74.3. The van der Waals surface area contributed by atoms with E-state index in [0.29, 0.717) is 17.2 Å². The van der Waals surface area contributed by atoms with Gasteiger partial charge in [-0.2, -0.15) is 0 Å². The van der Waals surface area contributed by atoms with Crippen molar-refractivity contribution in [1.29, 1.82) is 0 Å². The van der Waals surface area contributed by atoms with Gasteiger partial charge < -0.3 is 20.2 Å². The lowest BCUT2D eigenvalue weighted by Gasteiger charge is -2.45. The first-order valence-corrected chi connectivity index (χ1v) is 21.8. The Morgan fingerprint density at radius 2 is 1.76 bits per heavy atom. The van der Waals surface area contributed by atoms with Crippen LogP contribution in [0.25, 0.3) is 0 Å². The number of imide groups is 2. The molecule has 0 radical (unpaired) electrons. The summed E-state index contributed by atoms with van der Waals surface area (Å²) in [6.07, 6.45) is 10.5. The van der Waals surface area contributed by atoms with Crippen LogP contribution in [0.3, 0.4) is 0 Å². The monoisotopic (exact) mass is 820 g/mol. The summed E-state index contributed by atoms with van der Waals surface area (Å²) >= 11 is 1.31. The zero-order chi connectivity index (χ0) is 41.2. The number of nitrogens with zero attached hydrogens (tertiary/aromatic N) is 4. The van der Waals surface area contributed by atoms with Crippen LogP contribution >= 0.6 is 11.8 Å². The van der Waals surface area contributed by atoms with E-state index in [0.717, 1.165) is 97.1 Å². The summed E-state index contributed by atoms with van der Waals surface area (Å²) in [7, 11) is 2.03. The number of benzene rings is 2. The Morgan fingerprint density at radius 3 is 2.53 bits per heavy atom. The minimum absolute atomic E-state index is 0.0136. The van der Waals surface area contributed by atoms with Crippen LogP contribution in [-0.4, -0.2) is 94.0 Å². The number of pyridine rings is 1. The fourth-order valence-electron chi connectivity index (χ4n) is 9.52. The number of hydrogen-bond acceptors (Lipinski definition) is 10. The van der Waals surface area contributed by atoms with Gasteiger partial charge in [0.2, 0.25) is 17.7 Å². The molecule has 1 unspecified atom stereocenters. The maximum atomic E-state index is 14.6. The molecule has 0 bridgehead atoms. The standard InChI is InChI=1S/C45H49FN6O6S/c1-50-34-14-12-27(22-32(34)41-31(36(50)26-53)18-20-51(41)43(56)29-8-4-2-5-9-29)10-11-28-13-16-38(48-25-28)47-19-6-3-7-21-59-37-24-30(46)23-33-40(37)45(58)52(44(33)57)35-15-17-39(54)49-42(35)55/h12-14,16,22-25,29,31,35-36,41,53H,2-9,15,17-21,26H2,1H3,(H,47,48)(H,49,54,55)/t31-,35?,36-,41-/m1/s1. The van der Waals surface area contributed by atoms with Gasteiger partial charge in [0.15, 0.2) is 0 Å². The Morgan fingerprint density at radius 1 is 0.966 bits per heavy atom. The molecule has 2 saturated heterocycles. The summed E-state index contributed by atoms with van der Waals surface area (Å²) in [5.74, 6) is 5.27. The number of carbonyl (C=O) groups excluding carboxylic acids is 5. The number of aliphatic hydroxyl groups excluding tert-OH is 1. The molecule has 5 amide bonds. The average Bonchev–Trinajstić information content (AvgIpc) is 3.78. The molecule has 0 spiro atoms. The molecule has 5 aliphatic rings. The Kier molecular flexibility index (Phi) is 12.0. The zero-order valence-electron chi connectivity index (χ0n) is 33.2. The molecule has 59 heavy (non-hydrogen) atoms. The number of fused-ring (bicyclic) bond motifs is 4. The molecular formula is C45H49FN6O6S. The topological polar surface area (TPSA) is 152 Å². The predicted molar refractivity (Wildman–Crippen MR) is 221 cm³/mol. The van der Waals surface area contributed by atoms with E-state index < -0.39 is 35.5 Å². The maximum Gasteiger partial charge on any atom is 0.263 e. The van der Waals surface area contributed by atoms with E-state index in [9.17, 15) is 33.5 Å². The number of aliphatic hydroxyl groups is 1. The van der Waals surface area contributed by atoms with Crippen molar-refractivity contribution in [2.75, 3.05) is 42.7 Å².